The second kappa shape index (κ2) is 6.79. The van der Waals surface area contributed by atoms with Crippen LogP contribution in [0.15, 0.2) is 35.5 Å². The van der Waals surface area contributed by atoms with Crippen LogP contribution in [-0.4, -0.2) is 18.2 Å². The highest BCUT2D eigenvalue weighted by atomic mass is 16.6. The van der Waals surface area contributed by atoms with Crippen LogP contribution < -0.4 is 5.73 Å². The number of nitrogens with zero attached hydrogens (tertiary/aromatic N) is 1. The van der Waals surface area contributed by atoms with Crippen LogP contribution in [0.4, 0.5) is 0 Å². The van der Waals surface area contributed by atoms with Crippen LogP contribution in [0.25, 0.3) is 0 Å². The van der Waals surface area contributed by atoms with Crippen molar-refractivity contribution in [2.24, 2.45) is 16.8 Å². The standard InChI is InChI=1S/C14H20N2O2/c1-10(2)9-18-16-11(3)13(14(15)17)12-7-5-4-6-8-12/h4-8,10,13H,9H2,1-3H3,(H2,15,17)/b16-11-. The highest BCUT2D eigenvalue weighted by Gasteiger charge is 2.21. The summed E-state index contributed by atoms with van der Waals surface area (Å²) < 4.78 is 0. The molecular weight excluding hydrogens is 228 g/mol. The fourth-order valence-corrected chi connectivity index (χ4v) is 1.60. The molecule has 4 heteroatoms. The second-order valence-corrected chi connectivity index (χ2v) is 4.67. The van der Waals surface area contributed by atoms with Gasteiger partial charge < -0.3 is 10.6 Å². The Morgan fingerprint density at radius 3 is 2.44 bits per heavy atom. The molecule has 0 spiro atoms. The number of carbonyl (C=O) groups excluding carboxylic acids is 1. The molecule has 98 valence electrons. The van der Waals surface area contributed by atoms with Gasteiger partial charge in [-0.15, -0.1) is 0 Å². The van der Waals surface area contributed by atoms with Crippen molar-refractivity contribution in [3.05, 3.63) is 35.9 Å². The van der Waals surface area contributed by atoms with Gasteiger partial charge in [0, 0.05) is 0 Å². The van der Waals surface area contributed by atoms with Gasteiger partial charge >= 0.3 is 0 Å². The van der Waals surface area contributed by atoms with Crippen molar-refractivity contribution in [3.8, 4) is 0 Å². The lowest BCUT2D eigenvalue weighted by atomic mass is 9.94. The van der Waals surface area contributed by atoms with E-state index in [1.165, 1.54) is 0 Å². The summed E-state index contributed by atoms with van der Waals surface area (Å²) in [4.78, 5) is 16.7. The maximum absolute atomic E-state index is 11.5. The number of carbonyl (C=O) groups is 1. The average molecular weight is 248 g/mol. The van der Waals surface area contributed by atoms with Crippen molar-refractivity contribution in [1.29, 1.82) is 0 Å². The first-order valence-corrected chi connectivity index (χ1v) is 6.03. The van der Waals surface area contributed by atoms with Crippen LogP contribution >= 0.6 is 0 Å². The van der Waals surface area contributed by atoms with Gasteiger partial charge in [-0.3, -0.25) is 4.79 Å². The Morgan fingerprint density at radius 1 is 1.33 bits per heavy atom. The molecule has 0 aromatic heterocycles. The van der Waals surface area contributed by atoms with E-state index in [1.807, 2.05) is 44.2 Å². The van der Waals surface area contributed by atoms with Gasteiger partial charge in [0.1, 0.15) is 12.5 Å². The summed E-state index contributed by atoms with van der Waals surface area (Å²) in [6, 6.07) is 9.35. The molecular formula is C14H20N2O2. The summed E-state index contributed by atoms with van der Waals surface area (Å²) in [5.74, 6) is -0.556. The molecule has 1 aromatic rings. The van der Waals surface area contributed by atoms with Gasteiger partial charge in [0.2, 0.25) is 5.91 Å². The Labute approximate surface area is 108 Å². The van der Waals surface area contributed by atoms with E-state index in [1.54, 1.807) is 6.92 Å². The summed E-state index contributed by atoms with van der Waals surface area (Å²) in [7, 11) is 0. The number of amides is 1. The topological polar surface area (TPSA) is 64.7 Å². The maximum Gasteiger partial charge on any atom is 0.230 e. The van der Waals surface area contributed by atoms with Gasteiger partial charge in [-0.25, -0.2) is 0 Å². The van der Waals surface area contributed by atoms with Crippen molar-refractivity contribution >= 4 is 11.6 Å². The van der Waals surface area contributed by atoms with Crippen molar-refractivity contribution in [3.63, 3.8) is 0 Å². The predicted octanol–water partition coefficient (Wildman–Crippen LogP) is 2.30. The first kappa shape index (κ1) is 14.2. The Kier molecular flexibility index (Phi) is 5.36. The number of hydrogen-bond donors (Lipinski definition) is 1. The molecule has 0 heterocycles. The van der Waals surface area contributed by atoms with E-state index in [9.17, 15) is 4.79 Å². The largest absolute Gasteiger partial charge is 0.396 e. The van der Waals surface area contributed by atoms with E-state index < -0.39 is 11.8 Å². The van der Waals surface area contributed by atoms with Crippen molar-refractivity contribution in [1.82, 2.24) is 0 Å². The van der Waals surface area contributed by atoms with Gasteiger partial charge in [-0.05, 0) is 18.4 Å². The van der Waals surface area contributed by atoms with Gasteiger partial charge in [0.05, 0.1) is 5.71 Å². The SMILES string of the molecule is C/C(=N/OCC(C)C)C(C(N)=O)c1ccccc1. The molecule has 4 nitrogen and oxygen atoms in total. The first-order valence-electron chi connectivity index (χ1n) is 6.03. The molecule has 1 aromatic carbocycles. The molecule has 1 unspecified atom stereocenters. The van der Waals surface area contributed by atoms with E-state index >= 15 is 0 Å². The number of hydrogen-bond acceptors (Lipinski definition) is 3. The normalized spacial score (nSPS) is 13.4. The van der Waals surface area contributed by atoms with Crippen molar-refractivity contribution < 1.29 is 9.63 Å². The molecule has 1 rings (SSSR count). The maximum atomic E-state index is 11.5. The van der Waals surface area contributed by atoms with Crippen LogP contribution in [0.2, 0.25) is 0 Å². The molecule has 1 amide bonds. The fourth-order valence-electron chi connectivity index (χ4n) is 1.60. The molecule has 1 atom stereocenters. The van der Waals surface area contributed by atoms with Crippen LogP contribution in [0.5, 0.6) is 0 Å². The van der Waals surface area contributed by atoms with E-state index in [-0.39, 0.29) is 0 Å². The van der Waals surface area contributed by atoms with E-state index in [4.69, 9.17) is 10.6 Å². The average Bonchev–Trinajstić information content (AvgIpc) is 2.29. The Morgan fingerprint density at radius 2 is 1.94 bits per heavy atom. The van der Waals surface area contributed by atoms with E-state index in [0.717, 1.165) is 5.56 Å². The Balaban J connectivity index is 2.83. The monoisotopic (exact) mass is 248 g/mol. The quantitative estimate of drug-likeness (QED) is 0.620. The molecule has 0 saturated carbocycles. The third-order valence-corrected chi connectivity index (χ3v) is 2.45. The number of nitrogens with two attached hydrogens (primary N) is 1. The minimum absolute atomic E-state index is 0.394. The molecule has 0 bridgehead atoms. The summed E-state index contributed by atoms with van der Waals surface area (Å²) in [5, 5.41) is 3.98. The summed E-state index contributed by atoms with van der Waals surface area (Å²) >= 11 is 0. The van der Waals surface area contributed by atoms with Crippen molar-refractivity contribution in [2.75, 3.05) is 6.61 Å². The molecule has 0 aliphatic carbocycles. The molecule has 0 aliphatic heterocycles. The third kappa shape index (κ3) is 4.20. The minimum atomic E-state index is -0.529. The van der Waals surface area contributed by atoms with Crippen LogP contribution in [0.3, 0.4) is 0 Å². The highest BCUT2D eigenvalue weighted by Crippen LogP contribution is 2.17. The van der Waals surface area contributed by atoms with Crippen LogP contribution in [0.1, 0.15) is 32.3 Å². The molecule has 0 saturated heterocycles. The third-order valence-electron chi connectivity index (χ3n) is 2.45. The second-order valence-electron chi connectivity index (χ2n) is 4.67. The smallest absolute Gasteiger partial charge is 0.230 e. The predicted molar refractivity (Wildman–Crippen MR) is 72.3 cm³/mol. The first-order chi connectivity index (χ1) is 8.52. The summed E-state index contributed by atoms with van der Waals surface area (Å²) in [6.07, 6.45) is 0. The molecule has 2 N–H and O–H groups in total. The zero-order chi connectivity index (χ0) is 13.5. The van der Waals surface area contributed by atoms with Gasteiger partial charge in [0.15, 0.2) is 0 Å². The molecule has 0 fully saturated rings. The zero-order valence-corrected chi connectivity index (χ0v) is 11.1. The molecule has 0 radical (unpaired) electrons. The van der Waals surface area contributed by atoms with E-state index in [2.05, 4.69) is 5.16 Å². The number of oxime groups is 1. The van der Waals surface area contributed by atoms with Crippen molar-refractivity contribution in [2.45, 2.75) is 26.7 Å². The fraction of sp³-hybridized carbons (Fsp3) is 0.429. The Hall–Kier alpha value is -1.84. The van der Waals surface area contributed by atoms with Gasteiger partial charge in [-0.1, -0.05) is 49.3 Å². The lowest BCUT2D eigenvalue weighted by molar-refractivity contribution is -0.118. The van der Waals surface area contributed by atoms with Crippen LogP contribution in [0, 0.1) is 5.92 Å². The Bertz CT molecular complexity index is 413. The highest BCUT2D eigenvalue weighted by molar-refractivity contribution is 6.07. The van der Waals surface area contributed by atoms with E-state index in [0.29, 0.717) is 18.2 Å². The molecule has 0 aliphatic rings. The van der Waals surface area contributed by atoms with Crippen LogP contribution in [-0.2, 0) is 9.63 Å². The number of benzene rings is 1. The lowest BCUT2D eigenvalue weighted by Crippen LogP contribution is -2.27. The minimum Gasteiger partial charge on any atom is -0.396 e. The molecule has 18 heavy (non-hydrogen) atoms. The summed E-state index contributed by atoms with van der Waals surface area (Å²) in [6.45, 7) is 6.35. The van der Waals surface area contributed by atoms with Gasteiger partial charge in [0.25, 0.3) is 0 Å². The van der Waals surface area contributed by atoms with Gasteiger partial charge in [-0.2, -0.15) is 0 Å². The summed E-state index contributed by atoms with van der Waals surface area (Å²) in [5.41, 5.74) is 6.84. The lowest BCUT2D eigenvalue weighted by Gasteiger charge is -2.13. The number of rotatable bonds is 6. The zero-order valence-electron chi connectivity index (χ0n) is 11.1. The number of primary amides is 1.